The molecule has 0 heterocycles. The van der Waals surface area contributed by atoms with E-state index in [1.54, 1.807) is 0 Å². The molecule has 0 heteroatoms. The zero-order valence-electron chi connectivity index (χ0n) is 11.8. The highest BCUT2D eigenvalue weighted by molar-refractivity contribution is 5.90. The lowest BCUT2D eigenvalue weighted by Crippen LogP contribution is -1.85. The Hall–Kier alpha value is -2.60. The standard InChI is InChI=1S/C21H16/c1-2-6-16(7-3-1)19-12-13-21(15-19)20-11-10-17-8-4-5-9-18(17)14-20/h1-6,8-15H,7H2. The van der Waals surface area contributed by atoms with E-state index < -0.39 is 0 Å². The normalized spacial score (nSPS) is 20.3. The summed E-state index contributed by atoms with van der Waals surface area (Å²) >= 11 is 0. The third-order valence-electron chi connectivity index (χ3n) is 4.09. The van der Waals surface area contributed by atoms with Crippen molar-refractivity contribution in [3.63, 3.8) is 0 Å². The monoisotopic (exact) mass is 268 g/mol. The molecule has 0 atom stereocenters. The van der Waals surface area contributed by atoms with Crippen molar-refractivity contribution in [2.75, 3.05) is 0 Å². The van der Waals surface area contributed by atoms with Gasteiger partial charge in [0.25, 0.3) is 0 Å². The van der Waals surface area contributed by atoms with Gasteiger partial charge in [-0.3, -0.25) is 0 Å². The second-order valence-electron chi connectivity index (χ2n) is 5.47. The second-order valence-corrected chi connectivity index (χ2v) is 5.47. The Bertz CT molecular complexity index is 854. The quantitative estimate of drug-likeness (QED) is 0.631. The van der Waals surface area contributed by atoms with Crippen molar-refractivity contribution in [2.24, 2.45) is 0 Å². The van der Waals surface area contributed by atoms with Gasteiger partial charge in [-0.05, 0) is 51.6 Å². The average molecular weight is 268 g/mol. The Morgan fingerprint density at radius 1 is 0.762 bits per heavy atom. The van der Waals surface area contributed by atoms with E-state index in [-0.39, 0.29) is 0 Å². The van der Waals surface area contributed by atoms with Crippen LogP contribution in [-0.2, 0) is 0 Å². The van der Waals surface area contributed by atoms with Crippen molar-refractivity contribution in [1.82, 2.24) is 0 Å². The van der Waals surface area contributed by atoms with Crippen LogP contribution in [0, 0.1) is 0 Å². The van der Waals surface area contributed by atoms with Crippen LogP contribution < -0.4 is 0 Å². The molecule has 0 saturated carbocycles. The van der Waals surface area contributed by atoms with Gasteiger partial charge in [-0.15, -0.1) is 0 Å². The minimum atomic E-state index is 1.03. The number of hydrogen-bond acceptors (Lipinski definition) is 0. The van der Waals surface area contributed by atoms with E-state index in [9.17, 15) is 0 Å². The van der Waals surface area contributed by atoms with Crippen LogP contribution in [0.3, 0.4) is 0 Å². The summed E-state index contributed by atoms with van der Waals surface area (Å²) in [5, 5.41) is 2.59. The zero-order chi connectivity index (χ0) is 14.1. The predicted octanol–water partition coefficient (Wildman–Crippen LogP) is 5.61. The summed E-state index contributed by atoms with van der Waals surface area (Å²) in [4.78, 5) is 0. The van der Waals surface area contributed by atoms with E-state index in [1.807, 2.05) is 0 Å². The summed E-state index contributed by atoms with van der Waals surface area (Å²) in [5.74, 6) is 0. The van der Waals surface area contributed by atoms with E-state index >= 15 is 0 Å². The predicted molar refractivity (Wildman–Crippen MR) is 91.0 cm³/mol. The summed E-state index contributed by atoms with van der Waals surface area (Å²) in [5.41, 5.74) is 5.31. The maximum Gasteiger partial charge on any atom is -0.00884 e. The van der Waals surface area contributed by atoms with Crippen molar-refractivity contribution in [3.05, 3.63) is 102 Å². The summed E-state index contributed by atoms with van der Waals surface area (Å²) in [6.45, 7) is 0. The van der Waals surface area contributed by atoms with Gasteiger partial charge in [0.15, 0.2) is 0 Å². The zero-order valence-corrected chi connectivity index (χ0v) is 11.8. The molecule has 0 unspecified atom stereocenters. The first-order valence-corrected chi connectivity index (χ1v) is 7.35. The Balaban J connectivity index is 1.75. The molecular weight excluding hydrogens is 252 g/mol. The van der Waals surface area contributed by atoms with Gasteiger partial charge >= 0.3 is 0 Å². The van der Waals surface area contributed by atoms with E-state index in [0.29, 0.717) is 0 Å². The van der Waals surface area contributed by atoms with Gasteiger partial charge in [0, 0.05) is 0 Å². The van der Waals surface area contributed by atoms with Crippen molar-refractivity contribution >= 4 is 16.3 Å². The number of hydrogen-bond donors (Lipinski definition) is 0. The molecule has 0 amide bonds. The minimum absolute atomic E-state index is 1.03. The van der Waals surface area contributed by atoms with Gasteiger partial charge in [-0.2, -0.15) is 0 Å². The lowest BCUT2D eigenvalue weighted by Gasteiger charge is -2.05. The summed E-state index contributed by atoms with van der Waals surface area (Å²) in [6.07, 6.45) is 16.4. The molecule has 0 saturated heterocycles. The molecule has 100 valence electrons. The highest BCUT2D eigenvalue weighted by atomic mass is 14.1. The van der Waals surface area contributed by atoms with Crippen LogP contribution >= 0.6 is 0 Å². The van der Waals surface area contributed by atoms with E-state index in [4.69, 9.17) is 0 Å². The van der Waals surface area contributed by atoms with E-state index in [2.05, 4.69) is 85.0 Å². The van der Waals surface area contributed by atoms with Crippen molar-refractivity contribution in [1.29, 1.82) is 0 Å². The Labute approximate surface area is 125 Å². The van der Waals surface area contributed by atoms with Gasteiger partial charge in [0.1, 0.15) is 0 Å². The largest absolute Gasteiger partial charge is 0.0801 e. The van der Waals surface area contributed by atoms with Crippen LogP contribution in [0.1, 0.15) is 12.0 Å². The molecule has 4 rings (SSSR count). The first-order chi connectivity index (χ1) is 10.4. The van der Waals surface area contributed by atoms with Gasteiger partial charge in [-0.25, -0.2) is 0 Å². The van der Waals surface area contributed by atoms with Crippen molar-refractivity contribution < 1.29 is 0 Å². The molecule has 2 aromatic rings. The number of allylic oxidation sites excluding steroid dienone is 10. The van der Waals surface area contributed by atoms with Gasteiger partial charge < -0.3 is 0 Å². The Morgan fingerprint density at radius 3 is 2.52 bits per heavy atom. The highest BCUT2D eigenvalue weighted by Crippen LogP contribution is 2.30. The Morgan fingerprint density at radius 2 is 1.67 bits per heavy atom. The molecule has 21 heavy (non-hydrogen) atoms. The molecule has 0 aromatic heterocycles. The first kappa shape index (κ1) is 12.2. The molecule has 0 nitrogen and oxygen atoms in total. The molecule has 0 aliphatic heterocycles. The number of benzene rings is 2. The maximum atomic E-state index is 2.29. The molecule has 0 spiro atoms. The average Bonchev–Trinajstić information content (AvgIpc) is 3.05. The van der Waals surface area contributed by atoms with E-state index in [0.717, 1.165) is 6.42 Å². The van der Waals surface area contributed by atoms with Crippen LogP contribution in [0.15, 0.2) is 96.1 Å². The van der Waals surface area contributed by atoms with Gasteiger partial charge in [0.05, 0.1) is 0 Å². The van der Waals surface area contributed by atoms with Crippen molar-refractivity contribution in [3.8, 4) is 0 Å². The molecule has 2 aromatic carbocycles. The van der Waals surface area contributed by atoms with Crippen molar-refractivity contribution in [2.45, 2.75) is 6.42 Å². The fourth-order valence-corrected chi connectivity index (χ4v) is 2.92. The van der Waals surface area contributed by atoms with Crippen LogP contribution in [0.5, 0.6) is 0 Å². The maximum absolute atomic E-state index is 2.29. The minimum Gasteiger partial charge on any atom is -0.0801 e. The summed E-state index contributed by atoms with van der Waals surface area (Å²) in [6, 6.07) is 15.2. The molecule has 0 fully saturated rings. The lowest BCUT2D eigenvalue weighted by molar-refractivity contribution is 1.24. The van der Waals surface area contributed by atoms with E-state index in [1.165, 1.54) is 33.1 Å². The fraction of sp³-hybridized carbons (Fsp3) is 0.0476. The van der Waals surface area contributed by atoms with Crippen LogP contribution in [0.2, 0.25) is 0 Å². The molecule has 0 radical (unpaired) electrons. The lowest BCUT2D eigenvalue weighted by atomic mass is 10.00. The van der Waals surface area contributed by atoms with Gasteiger partial charge in [0.2, 0.25) is 0 Å². The van der Waals surface area contributed by atoms with Crippen LogP contribution in [0.25, 0.3) is 16.3 Å². The fourth-order valence-electron chi connectivity index (χ4n) is 2.92. The Kier molecular flexibility index (Phi) is 2.93. The first-order valence-electron chi connectivity index (χ1n) is 7.35. The molecule has 2 aliphatic rings. The molecule has 0 bridgehead atoms. The third kappa shape index (κ3) is 2.30. The summed E-state index contributed by atoms with van der Waals surface area (Å²) < 4.78 is 0. The van der Waals surface area contributed by atoms with Crippen LogP contribution in [0.4, 0.5) is 0 Å². The topological polar surface area (TPSA) is 0 Å². The van der Waals surface area contributed by atoms with Crippen LogP contribution in [-0.4, -0.2) is 0 Å². The smallest absolute Gasteiger partial charge is 0.00884 e. The molecule has 2 aliphatic carbocycles. The summed E-state index contributed by atoms with van der Waals surface area (Å²) in [7, 11) is 0. The highest BCUT2D eigenvalue weighted by Gasteiger charge is 2.09. The second kappa shape index (κ2) is 5.06. The SMILES string of the molecule is C1=CCC(=C2C=CC(c3ccc4ccccc4c3)=C2)C=C1. The van der Waals surface area contributed by atoms with Gasteiger partial charge in [-0.1, -0.05) is 72.9 Å². The third-order valence-corrected chi connectivity index (χ3v) is 4.09. The molecular formula is C21H16. The molecule has 0 N–H and O–H groups in total. The number of fused-ring (bicyclic) bond motifs is 1. The number of rotatable bonds is 1.